The third kappa shape index (κ3) is 2.61. The Bertz CT molecular complexity index is 526. The Balaban J connectivity index is 3.57. The average Bonchev–Trinajstić information content (AvgIpc) is 2.06. The Kier molecular flexibility index (Phi) is 3.27. The van der Waals surface area contributed by atoms with E-state index in [2.05, 4.69) is 12.6 Å². The number of hydrogen-bond donors (Lipinski definition) is 2. The SMILES string of the molecule is O=C(O)c1cc(S(=O)(=O)F)cc(S)c1Cl. The number of thiol groups is 1. The van der Waals surface area contributed by atoms with Gasteiger partial charge in [-0.2, -0.15) is 8.42 Å². The van der Waals surface area contributed by atoms with Crippen molar-refractivity contribution in [2.24, 2.45) is 0 Å². The van der Waals surface area contributed by atoms with E-state index in [4.69, 9.17) is 16.7 Å². The first kappa shape index (κ1) is 12.3. The van der Waals surface area contributed by atoms with E-state index in [1.807, 2.05) is 0 Å². The first-order valence-corrected chi connectivity index (χ1v) is 5.65. The summed E-state index contributed by atoms with van der Waals surface area (Å²) in [6.45, 7) is 0. The molecule has 0 fully saturated rings. The van der Waals surface area contributed by atoms with Crippen molar-refractivity contribution in [1.82, 2.24) is 0 Å². The number of aromatic carboxylic acids is 1. The van der Waals surface area contributed by atoms with Crippen LogP contribution in [0.25, 0.3) is 0 Å². The fourth-order valence-electron chi connectivity index (χ4n) is 0.880. The van der Waals surface area contributed by atoms with Crippen molar-refractivity contribution in [3.8, 4) is 0 Å². The summed E-state index contributed by atoms with van der Waals surface area (Å²) in [5.41, 5.74) is -0.514. The van der Waals surface area contributed by atoms with Crippen LogP contribution in [-0.4, -0.2) is 19.5 Å². The lowest BCUT2D eigenvalue weighted by molar-refractivity contribution is 0.0696. The fourth-order valence-corrected chi connectivity index (χ4v) is 1.93. The summed E-state index contributed by atoms with van der Waals surface area (Å²) in [5, 5.41) is 8.41. The normalized spacial score (nSPS) is 11.4. The second-order valence-corrected chi connectivity index (χ2v) is 4.75. The van der Waals surface area contributed by atoms with Gasteiger partial charge in [0.2, 0.25) is 0 Å². The average molecular weight is 271 g/mol. The van der Waals surface area contributed by atoms with E-state index >= 15 is 0 Å². The Morgan fingerprint density at radius 1 is 1.47 bits per heavy atom. The molecule has 15 heavy (non-hydrogen) atoms. The first-order valence-electron chi connectivity index (χ1n) is 3.44. The molecule has 0 spiro atoms. The van der Waals surface area contributed by atoms with Crippen molar-refractivity contribution in [2.75, 3.05) is 0 Å². The molecule has 0 aliphatic heterocycles. The fraction of sp³-hybridized carbons (Fsp3) is 0. The van der Waals surface area contributed by atoms with Crippen LogP contribution in [0.3, 0.4) is 0 Å². The maximum Gasteiger partial charge on any atom is 0.337 e. The summed E-state index contributed by atoms with van der Waals surface area (Å²) in [6, 6.07) is 1.48. The number of rotatable bonds is 2. The molecule has 0 aromatic heterocycles. The van der Waals surface area contributed by atoms with Gasteiger partial charge in [0.25, 0.3) is 0 Å². The van der Waals surface area contributed by atoms with Crippen molar-refractivity contribution >= 4 is 40.4 Å². The molecule has 1 rings (SSSR count). The van der Waals surface area contributed by atoms with E-state index in [0.29, 0.717) is 6.07 Å². The standard InChI is InChI=1S/C7H4ClFO4S2/c8-6-4(7(10)11)1-3(2-5(6)14)15(9,12)13/h1-2,14H,(H,10,11). The van der Waals surface area contributed by atoms with Gasteiger partial charge in [-0.05, 0) is 12.1 Å². The largest absolute Gasteiger partial charge is 0.478 e. The molecule has 8 heteroatoms. The topological polar surface area (TPSA) is 71.4 Å². The van der Waals surface area contributed by atoms with Crippen LogP contribution in [0.4, 0.5) is 3.89 Å². The second-order valence-electron chi connectivity index (χ2n) is 2.55. The molecule has 0 aliphatic carbocycles. The smallest absolute Gasteiger partial charge is 0.337 e. The van der Waals surface area contributed by atoms with Crippen molar-refractivity contribution in [2.45, 2.75) is 9.79 Å². The third-order valence-electron chi connectivity index (χ3n) is 1.54. The third-order valence-corrected chi connectivity index (χ3v) is 3.23. The quantitative estimate of drug-likeness (QED) is 0.637. The van der Waals surface area contributed by atoms with Gasteiger partial charge in [-0.15, -0.1) is 16.5 Å². The molecule has 0 amide bonds. The van der Waals surface area contributed by atoms with E-state index < -0.39 is 26.7 Å². The zero-order valence-corrected chi connectivity index (χ0v) is 9.40. The lowest BCUT2D eigenvalue weighted by Gasteiger charge is -2.03. The van der Waals surface area contributed by atoms with Crippen LogP contribution in [0.1, 0.15) is 10.4 Å². The lowest BCUT2D eigenvalue weighted by atomic mass is 10.2. The number of carboxylic acid groups (broad SMARTS) is 1. The Labute approximate surface area is 95.3 Å². The summed E-state index contributed by atoms with van der Waals surface area (Å²) in [7, 11) is -4.97. The number of halogens is 2. The van der Waals surface area contributed by atoms with E-state index in [-0.39, 0.29) is 9.92 Å². The minimum Gasteiger partial charge on any atom is -0.478 e. The molecular weight excluding hydrogens is 267 g/mol. The van der Waals surface area contributed by atoms with E-state index in [0.717, 1.165) is 6.07 Å². The zero-order valence-electron chi connectivity index (χ0n) is 6.94. The van der Waals surface area contributed by atoms with Gasteiger partial charge >= 0.3 is 16.2 Å². The summed E-state index contributed by atoms with van der Waals surface area (Å²) < 4.78 is 33.6. The van der Waals surface area contributed by atoms with Crippen LogP contribution >= 0.6 is 24.2 Å². The first-order chi connectivity index (χ1) is 6.73. The van der Waals surface area contributed by atoms with E-state index in [9.17, 15) is 17.1 Å². The minimum atomic E-state index is -4.97. The summed E-state index contributed by atoms with van der Waals surface area (Å²) in [5.74, 6) is -1.46. The Hall–Kier alpha value is -0.790. The van der Waals surface area contributed by atoms with Gasteiger partial charge in [0.05, 0.1) is 10.6 Å². The van der Waals surface area contributed by atoms with Gasteiger partial charge in [0.15, 0.2) is 0 Å². The van der Waals surface area contributed by atoms with Gasteiger partial charge in [-0.25, -0.2) is 4.79 Å². The molecular formula is C7H4ClFO4S2. The molecule has 0 unspecified atom stereocenters. The van der Waals surface area contributed by atoms with Crippen LogP contribution in [0, 0.1) is 0 Å². The van der Waals surface area contributed by atoms with Gasteiger partial charge in [0.1, 0.15) is 4.90 Å². The molecule has 0 bridgehead atoms. The predicted molar refractivity (Wildman–Crippen MR) is 54.0 cm³/mol. The van der Waals surface area contributed by atoms with Crippen LogP contribution in [0.5, 0.6) is 0 Å². The summed E-state index contributed by atoms with van der Waals surface area (Å²) >= 11 is 9.27. The maximum absolute atomic E-state index is 12.6. The molecule has 0 saturated carbocycles. The van der Waals surface area contributed by atoms with Gasteiger partial charge in [-0.1, -0.05) is 11.6 Å². The predicted octanol–water partition coefficient (Wildman–Crippen LogP) is 1.99. The van der Waals surface area contributed by atoms with E-state index in [1.54, 1.807) is 0 Å². The molecule has 4 nitrogen and oxygen atoms in total. The van der Waals surface area contributed by atoms with Crippen LogP contribution in [0.2, 0.25) is 5.02 Å². The molecule has 0 radical (unpaired) electrons. The van der Waals surface area contributed by atoms with Gasteiger partial charge in [0, 0.05) is 4.90 Å². The number of benzene rings is 1. The molecule has 0 aliphatic rings. The highest BCUT2D eigenvalue weighted by molar-refractivity contribution is 7.86. The molecule has 0 saturated heterocycles. The van der Waals surface area contributed by atoms with Crippen molar-refractivity contribution in [3.63, 3.8) is 0 Å². The van der Waals surface area contributed by atoms with Gasteiger partial charge in [-0.3, -0.25) is 0 Å². The van der Waals surface area contributed by atoms with Crippen molar-refractivity contribution in [3.05, 3.63) is 22.7 Å². The monoisotopic (exact) mass is 270 g/mol. The van der Waals surface area contributed by atoms with Gasteiger partial charge < -0.3 is 5.11 Å². The number of carbonyl (C=O) groups is 1. The number of hydrogen-bond acceptors (Lipinski definition) is 4. The molecule has 1 aromatic rings. The molecule has 0 heterocycles. The highest BCUT2D eigenvalue weighted by Gasteiger charge is 2.19. The van der Waals surface area contributed by atoms with Crippen LogP contribution in [-0.2, 0) is 10.2 Å². The molecule has 1 N–H and O–H groups in total. The van der Waals surface area contributed by atoms with E-state index in [1.165, 1.54) is 0 Å². The second kappa shape index (κ2) is 3.99. The Morgan fingerprint density at radius 2 is 2.00 bits per heavy atom. The molecule has 0 atom stereocenters. The zero-order chi connectivity index (χ0) is 11.8. The minimum absolute atomic E-state index is 0.118. The van der Waals surface area contributed by atoms with Crippen LogP contribution in [0.15, 0.2) is 21.9 Å². The maximum atomic E-state index is 12.6. The van der Waals surface area contributed by atoms with Crippen molar-refractivity contribution in [1.29, 1.82) is 0 Å². The van der Waals surface area contributed by atoms with Crippen molar-refractivity contribution < 1.29 is 22.2 Å². The Morgan fingerprint density at radius 3 is 2.40 bits per heavy atom. The molecule has 82 valence electrons. The lowest BCUT2D eigenvalue weighted by Crippen LogP contribution is -2.01. The highest BCUT2D eigenvalue weighted by Crippen LogP contribution is 2.28. The van der Waals surface area contributed by atoms with Crippen LogP contribution < -0.4 is 0 Å². The summed E-state index contributed by atoms with van der Waals surface area (Å²) in [4.78, 5) is 9.72. The number of carboxylic acids is 1. The molecule has 1 aromatic carbocycles. The summed E-state index contributed by atoms with van der Waals surface area (Å²) in [6.07, 6.45) is 0. The highest BCUT2D eigenvalue weighted by atomic mass is 35.5.